The van der Waals surface area contributed by atoms with Crippen molar-refractivity contribution in [2.75, 3.05) is 13.7 Å². The Balaban J connectivity index is 2.56. The molecule has 1 aliphatic carbocycles. The largest absolute Gasteiger partial charge is 0.378 e. The Morgan fingerprint density at radius 1 is 1.67 bits per heavy atom. The predicted octanol–water partition coefficient (Wildman–Crippen LogP) is 0.799. The van der Waals surface area contributed by atoms with E-state index in [-0.39, 0.29) is 12.0 Å². The fraction of sp³-hybridized carbons (Fsp3) is 0.909. The van der Waals surface area contributed by atoms with E-state index < -0.39 is 5.54 Å². The highest BCUT2D eigenvalue weighted by atomic mass is 16.5. The lowest BCUT2D eigenvalue weighted by Gasteiger charge is -2.38. The van der Waals surface area contributed by atoms with Crippen LogP contribution in [-0.2, 0) is 9.53 Å². The molecule has 0 heterocycles. The van der Waals surface area contributed by atoms with Crippen LogP contribution >= 0.6 is 0 Å². The van der Waals surface area contributed by atoms with Gasteiger partial charge in [0, 0.05) is 13.0 Å². The number of amides is 1. The van der Waals surface area contributed by atoms with Crippen molar-refractivity contribution in [3.05, 3.63) is 0 Å². The van der Waals surface area contributed by atoms with E-state index in [1.807, 2.05) is 0 Å². The van der Waals surface area contributed by atoms with Gasteiger partial charge >= 0.3 is 0 Å². The molecule has 4 nitrogen and oxygen atoms in total. The lowest BCUT2D eigenvalue weighted by atomic mass is 9.79. The topological polar surface area (TPSA) is 64.3 Å². The molecule has 0 bridgehead atoms. The summed E-state index contributed by atoms with van der Waals surface area (Å²) in [7, 11) is 1.80. The van der Waals surface area contributed by atoms with E-state index in [0.29, 0.717) is 6.42 Å². The summed E-state index contributed by atoms with van der Waals surface area (Å²) < 4.78 is 5.69. The fourth-order valence-corrected chi connectivity index (χ4v) is 2.23. The summed E-state index contributed by atoms with van der Waals surface area (Å²) >= 11 is 0. The van der Waals surface area contributed by atoms with Crippen LogP contribution in [0.4, 0.5) is 0 Å². The summed E-state index contributed by atoms with van der Waals surface area (Å²) in [4.78, 5) is 11.4. The highest BCUT2D eigenvalue weighted by molar-refractivity contribution is 5.84. The summed E-state index contributed by atoms with van der Waals surface area (Å²) in [5.41, 5.74) is 4.90. The van der Waals surface area contributed by atoms with Crippen LogP contribution in [0.3, 0.4) is 0 Å². The van der Waals surface area contributed by atoms with E-state index in [1.165, 1.54) is 0 Å². The SMILES string of the molecule is CCCOC1CCCC(NC)(C(N)=O)C1. The van der Waals surface area contributed by atoms with Gasteiger partial charge in [0.2, 0.25) is 5.91 Å². The van der Waals surface area contributed by atoms with Gasteiger partial charge in [-0.05, 0) is 32.7 Å². The van der Waals surface area contributed by atoms with Crippen molar-refractivity contribution in [3.8, 4) is 0 Å². The predicted molar refractivity (Wildman–Crippen MR) is 59.5 cm³/mol. The molecule has 15 heavy (non-hydrogen) atoms. The molecule has 4 heteroatoms. The van der Waals surface area contributed by atoms with Gasteiger partial charge in [-0.25, -0.2) is 0 Å². The van der Waals surface area contributed by atoms with Crippen LogP contribution in [0, 0.1) is 0 Å². The number of primary amides is 1. The van der Waals surface area contributed by atoms with Gasteiger partial charge in [0.25, 0.3) is 0 Å². The van der Waals surface area contributed by atoms with Crippen LogP contribution in [0.15, 0.2) is 0 Å². The third-order valence-corrected chi connectivity index (χ3v) is 3.21. The maximum atomic E-state index is 11.4. The number of nitrogens with two attached hydrogens (primary N) is 1. The molecule has 1 rings (SSSR count). The van der Waals surface area contributed by atoms with Gasteiger partial charge < -0.3 is 15.8 Å². The van der Waals surface area contributed by atoms with Crippen molar-refractivity contribution in [1.82, 2.24) is 5.32 Å². The van der Waals surface area contributed by atoms with Gasteiger partial charge in [0.15, 0.2) is 0 Å². The molecule has 88 valence electrons. The Morgan fingerprint density at radius 2 is 2.40 bits per heavy atom. The summed E-state index contributed by atoms with van der Waals surface area (Å²) in [6, 6.07) is 0. The van der Waals surface area contributed by atoms with Crippen molar-refractivity contribution in [3.63, 3.8) is 0 Å². The average molecular weight is 214 g/mol. The Bertz CT molecular complexity index is 221. The number of hydrogen-bond donors (Lipinski definition) is 2. The number of hydrogen-bond acceptors (Lipinski definition) is 3. The molecule has 1 fully saturated rings. The van der Waals surface area contributed by atoms with Gasteiger partial charge in [0.1, 0.15) is 0 Å². The quantitative estimate of drug-likeness (QED) is 0.711. The monoisotopic (exact) mass is 214 g/mol. The van der Waals surface area contributed by atoms with Crippen LogP contribution in [0.1, 0.15) is 39.0 Å². The van der Waals surface area contributed by atoms with Crippen LogP contribution in [0.5, 0.6) is 0 Å². The lowest BCUT2D eigenvalue weighted by Crippen LogP contribution is -2.57. The summed E-state index contributed by atoms with van der Waals surface area (Å²) in [6.45, 7) is 2.85. The zero-order chi connectivity index (χ0) is 11.3. The molecule has 0 aromatic carbocycles. The first-order valence-corrected chi connectivity index (χ1v) is 5.75. The minimum atomic E-state index is -0.545. The number of likely N-dealkylation sites (N-methyl/N-ethyl adjacent to an activating group) is 1. The lowest BCUT2D eigenvalue weighted by molar-refractivity contribution is -0.128. The van der Waals surface area contributed by atoms with Gasteiger partial charge in [0.05, 0.1) is 11.6 Å². The molecule has 0 aromatic rings. The number of ether oxygens (including phenoxy) is 1. The third kappa shape index (κ3) is 2.92. The van der Waals surface area contributed by atoms with E-state index in [2.05, 4.69) is 12.2 Å². The van der Waals surface area contributed by atoms with Crippen LogP contribution in [-0.4, -0.2) is 31.2 Å². The minimum Gasteiger partial charge on any atom is -0.378 e. The second kappa shape index (κ2) is 5.47. The minimum absolute atomic E-state index is 0.179. The molecule has 0 radical (unpaired) electrons. The Hall–Kier alpha value is -0.610. The van der Waals surface area contributed by atoms with Gasteiger partial charge in [-0.15, -0.1) is 0 Å². The molecule has 2 atom stereocenters. The van der Waals surface area contributed by atoms with Gasteiger partial charge in [-0.3, -0.25) is 4.79 Å². The first kappa shape index (κ1) is 12.5. The molecule has 1 aliphatic rings. The van der Waals surface area contributed by atoms with E-state index in [1.54, 1.807) is 7.05 Å². The molecule has 3 N–H and O–H groups in total. The second-order valence-corrected chi connectivity index (χ2v) is 4.29. The Labute approximate surface area is 91.5 Å². The van der Waals surface area contributed by atoms with Crippen LogP contribution in [0.2, 0.25) is 0 Å². The molecule has 0 saturated heterocycles. The molecular weight excluding hydrogens is 192 g/mol. The van der Waals surface area contributed by atoms with E-state index in [9.17, 15) is 4.79 Å². The fourth-order valence-electron chi connectivity index (χ4n) is 2.23. The number of nitrogens with one attached hydrogen (secondary N) is 1. The average Bonchev–Trinajstić information content (AvgIpc) is 2.26. The summed E-state index contributed by atoms with van der Waals surface area (Å²) in [5, 5.41) is 3.07. The van der Waals surface area contributed by atoms with Crippen molar-refractivity contribution in [2.45, 2.75) is 50.7 Å². The second-order valence-electron chi connectivity index (χ2n) is 4.29. The standard InChI is InChI=1S/C11H22N2O2/c1-3-7-15-9-5-4-6-11(8-9,13-2)10(12)14/h9,13H,3-8H2,1-2H3,(H2,12,14). The van der Waals surface area contributed by atoms with Gasteiger partial charge in [-0.2, -0.15) is 0 Å². The molecule has 1 saturated carbocycles. The number of rotatable bonds is 5. The smallest absolute Gasteiger partial charge is 0.237 e. The molecule has 0 aromatic heterocycles. The molecular formula is C11H22N2O2. The maximum absolute atomic E-state index is 11.4. The normalized spacial score (nSPS) is 31.5. The van der Waals surface area contributed by atoms with E-state index >= 15 is 0 Å². The Kier molecular flexibility index (Phi) is 4.54. The van der Waals surface area contributed by atoms with Crippen molar-refractivity contribution in [2.24, 2.45) is 5.73 Å². The van der Waals surface area contributed by atoms with E-state index in [4.69, 9.17) is 10.5 Å². The van der Waals surface area contributed by atoms with Gasteiger partial charge in [-0.1, -0.05) is 6.92 Å². The first-order valence-electron chi connectivity index (χ1n) is 5.75. The maximum Gasteiger partial charge on any atom is 0.237 e. The molecule has 0 spiro atoms. The Morgan fingerprint density at radius 3 is 2.93 bits per heavy atom. The summed E-state index contributed by atoms with van der Waals surface area (Å²) in [6.07, 6.45) is 4.76. The number of carbonyl (C=O) groups excluding carboxylic acids is 1. The molecule has 2 unspecified atom stereocenters. The zero-order valence-corrected chi connectivity index (χ0v) is 9.71. The van der Waals surface area contributed by atoms with E-state index in [0.717, 1.165) is 32.3 Å². The number of carbonyl (C=O) groups is 1. The molecule has 0 aliphatic heterocycles. The highest BCUT2D eigenvalue weighted by Gasteiger charge is 2.40. The molecule has 1 amide bonds. The van der Waals surface area contributed by atoms with Crippen molar-refractivity contribution < 1.29 is 9.53 Å². The van der Waals surface area contributed by atoms with Crippen LogP contribution in [0.25, 0.3) is 0 Å². The highest BCUT2D eigenvalue weighted by Crippen LogP contribution is 2.29. The first-order chi connectivity index (χ1) is 7.14. The van der Waals surface area contributed by atoms with Crippen molar-refractivity contribution >= 4 is 5.91 Å². The van der Waals surface area contributed by atoms with Crippen molar-refractivity contribution in [1.29, 1.82) is 0 Å². The van der Waals surface area contributed by atoms with Crippen LogP contribution < -0.4 is 11.1 Å². The zero-order valence-electron chi connectivity index (χ0n) is 9.71. The third-order valence-electron chi connectivity index (χ3n) is 3.21. The summed E-state index contributed by atoms with van der Waals surface area (Å²) in [5.74, 6) is -0.255.